The summed E-state index contributed by atoms with van der Waals surface area (Å²) in [6, 6.07) is 28.8. The molecule has 0 spiro atoms. The number of carbonyl (C=O) groups excluding carboxylic acids is 1. The highest BCUT2D eigenvalue weighted by Crippen LogP contribution is 2.23. The van der Waals surface area contributed by atoms with Crippen LogP contribution in [0.4, 0.5) is 5.69 Å². The average Bonchev–Trinajstić information content (AvgIpc) is 3.32. The number of fused-ring (bicyclic) bond motifs is 1. The van der Waals surface area contributed by atoms with E-state index in [1.165, 1.54) is 0 Å². The number of nitrogens with zero attached hydrogens (tertiary/aromatic N) is 3. The molecule has 1 amide bonds. The minimum atomic E-state index is -0.280. The third-order valence-corrected chi connectivity index (χ3v) is 6.04. The van der Waals surface area contributed by atoms with Crippen molar-refractivity contribution in [3.05, 3.63) is 102 Å². The van der Waals surface area contributed by atoms with E-state index in [4.69, 9.17) is 17.0 Å². The van der Waals surface area contributed by atoms with Crippen molar-refractivity contribution in [3.8, 4) is 22.6 Å². The summed E-state index contributed by atoms with van der Waals surface area (Å²) in [4.78, 5) is 14.3. The number of aryl methyl sites for hydroxylation is 1. The fourth-order valence-corrected chi connectivity index (χ4v) is 4.14. The average molecular weight is 508 g/mol. The predicted octanol–water partition coefficient (Wildman–Crippen LogP) is 5.92. The molecule has 0 radical (unpaired) electrons. The van der Waals surface area contributed by atoms with Gasteiger partial charge < -0.3 is 10.1 Å². The van der Waals surface area contributed by atoms with Crippen molar-refractivity contribution in [1.29, 1.82) is 0 Å². The summed E-state index contributed by atoms with van der Waals surface area (Å²) >= 11 is 5.42. The molecule has 5 aromatic rings. The van der Waals surface area contributed by atoms with E-state index in [9.17, 15) is 4.79 Å². The molecule has 8 heteroatoms. The third kappa shape index (κ3) is 5.49. The number of amides is 1. The Morgan fingerprint density at radius 2 is 1.54 bits per heavy atom. The van der Waals surface area contributed by atoms with Gasteiger partial charge in [-0.2, -0.15) is 4.80 Å². The monoisotopic (exact) mass is 507 g/mol. The van der Waals surface area contributed by atoms with Gasteiger partial charge in [0.05, 0.1) is 12.3 Å². The van der Waals surface area contributed by atoms with Crippen LogP contribution in [0.1, 0.15) is 22.8 Å². The first-order valence-electron chi connectivity index (χ1n) is 11.9. The number of hydrogen-bond donors (Lipinski definition) is 2. The van der Waals surface area contributed by atoms with Gasteiger partial charge in [-0.25, -0.2) is 0 Å². The van der Waals surface area contributed by atoms with Crippen LogP contribution in [0, 0.1) is 6.92 Å². The molecular weight excluding hydrogens is 482 g/mol. The summed E-state index contributed by atoms with van der Waals surface area (Å²) in [5.74, 6) is 0.519. The van der Waals surface area contributed by atoms with Gasteiger partial charge in [-0.05, 0) is 91.3 Å². The Labute approximate surface area is 220 Å². The van der Waals surface area contributed by atoms with Crippen molar-refractivity contribution >= 4 is 40.0 Å². The largest absolute Gasteiger partial charge is 0.494 e. The van der Waals surface area contributed by atoms with Gasteiger partial charge in [0.2, 0.25) is 0 Å². The lowest BCUT2D eigenvalue weighted by Gasteiger charge is -2.12. The van der Waals surface area contributed by atoms with Crippen LogP contribution in [-0.2, 0) is 0 Å². The van der Waals surface area contributed by atoms with E-state index in [0.717, 1.165) is 39.3 Å². The Kier molecular flexibility index (Phi) is 6.91. The van der Waals surface area contributed by atoms with E-state index in [0.29, 0.717) is 17.7 Å². The van der Waals surface area contributed by atoms with E-state index in [2.05, 4.69) is 20.8 Å². The molecular formula is C29H25N5O2S. The summed E-state index contributed by atoms with van der Waals surface area (Å²) in [6.45, 7) is 4.51. The predicted molar refractivity (Wildman–Crippen MR) is 150 cm³/mol. The first-order chi connectivity index (χ1) is 18.0. The second-order valence-corrected chi connectivity index (χ2v) is 8.83. The zero-order valence-corrected chi connectivity index (χ0v) is 21.3. The molecule has 0 atom stereocenters. The van der Waals surface area contributed by atoms with Gasteiger partial charge in [-0.15, -0.1) is 10.2 Å². The maximum atomic E-state index is 12.7. The number of nitrogens with one attached hydrogen (secondary N) is 2. The molecule has 0 saturated heterocycles. The van der Waals surface area contributed by atoms with Gasteiger partial charge in [-0.3, -0.25) is 10.1 Å². The number of anilines is 1. The van der Waals surface area contributed by atoms with Gasteiger partial charge >= 0.3 is 0 Å². The molecule has 0 aliphatic carbocycles. The van der Waals surface area contributed by atoms with Crippen LogP contribution in [0.5, 0.6) is 5.75 Å². The summed E-state index contributed by atoms with van der Waals surface area (Å²) in [7, 11) is 0. The Bertz CT molecular complexity index is 1560. The fourth-order valence-electron chi connectivity index (χ4n) is 3.93. The molecule has 0 bridgehead atoms. The Morgan fingerprint density at radius 1 is 0.892 bits per heavy atom. The number of ether oxygens (including phenoxy) is 1. The Hall–Kier alpha value is -4.56. The quantitative estimate of drug-likeness (QED) is 0.278. The fraction of sp³-hybridized carbons (Fsp3) is 0.103. The van der Waals surface area contributed by atoms with Crippen molar-refractivity contribution in [1.82, 2.24) is 20.3 Å². The molecule has 7 nitrogen and oxygen atoms in total. The maximum absolute atomic E-state index is 12.7. The van der Waals surface area contributed by atoms with Crippen molar-refractivity contribution in [2.75, 3.05) is 11.9 Å². The second-order valence-electron chi connectivity index (χ2n) is 8.42. The van der Waals surface area contributed by atoms with Gasteiger partial charge in [0.1, 0.15) is 16.8 Å². The SMILES string of the molecule is CCOc1ccc(-n2nc3cc(C)c(NC(=S)NC(=O)c4ccc(-c5ccccc5)cc4)cc3n2)cc1. The van der Waals surface area contributed by atoms with Crippen LogP contribution >= 0.6 is 12.2 Å². The highest BCUT2D eigenvalue weighted by molar-refractivity contribution is 7.80. The van der Waals surface area contributed by atoms with Crippen molar-refractivity contribution in [3.63, 3.8) is 0 Å². The Balaban J connectivity index is 1.27. The molecule has 1 aromatic heterocycles. The number of thiocarbonyl (C=S) groups is 1. The molecule has 37 heavy (non-hydrogen) atoms. The van der Waals surface area contributed by atoms with E-state index in [1.54, 1.807) is 16.9 Å². The van der Waals surface area contributed by atoms with Gasteiger partial charge in [-0.1, -0.05) is 42.5 Å². The molecule has 0 saturated carbocycles. The van der Waals surface area contributed by atoms with Crippen LogP contribution in [0.15, 0.2) is 91.0 Å². The van der Waals surface area contributed by atoms with E-state index in [1.807, 2.05) is 92.7 Å². The minimum Gasteiger partial charge on any atom is -0.494 e. The second kappa shape index (κ2) is 10.6. The zero-order valence-electron chi connectivity index (χ0n) is 20.4. The molecule has 0 aliphatic heterocycles. The third-order valence-electron chi connectivity index (χ3n) is 5.83. The summed E-state index contributed by atoms with van der Waals surface area (Å²) in [6.07, 6.45) is 0. The number of benzene rings is 4. The minimum absolute atomic E-state index is 0.207. The highest BCUT2D eigenvalue weighted by atomic mass is 32.1. The standard InChI is InChI=1S/C29H25N5O2S/c1-3-36-24-15-13-23(14-16-24)34-32-26-17-19(2)25(18-27(26)33-34)30-29(37)31-28(35)22-11-9-21(10-12-22)20-7-5-4-6-8-20/h4-18H,3H2,1-2H3,(H2,30,31,35,37). The highest BCUT2D eigenvalue weighted by Gasteiger charge is 2.12. The molecule has 0 fully saturated rings. The molecule has 0 aliphatic rings. The van der Waals surface area contributed by atoms with Crippen molar-refractivity contribution in [2.45, 2.75) is 13.8 Å². The zero-order chi connectivity index (χ0) is 25.8. The summed E-state index contributed by atoms with van der Waals surface area (Å²) < 4.78 is 5.50. The van der Waals surface area contributed by atoms with Crippen LogP contribution in [-0.4, -0.2) is 32.6 Å². The van der Waals surface area contributed by atoms with Crippen molar-refractivity contribution < 1.29 is 9.53 Å². The topological polar surface area (TPSA) is 81.1 Å². The van der Waals surface area contributed by atoms with Gasteiger partial charge in [0.15, 0.2) is 5.11 Å². The lowest BCUT2D eigenvalue weighted by atomic mass is 10.0. The number of aromatic nitrogens is 3. The van der Waals surface area contributed by atoms with E-state index >= 15 is 0 Å². The Morgan fingerprint density at radius 3 is 2.22 bits per heavy atom. The van der Waals surface area contributed by atoms with E-state index < -0.39 is 0 Å². The number of carbonyl (C=O) groups is 1. The molecule has 4 aromatic carbocycles. The first kappa shape index (κ1) is 24.1. The van der Waals surface area contributed by atoms with E-state index in [-0.39, 0.29) is 11.0 Å². The van der Waals surface area contributed by atoms with Crippen LogP contribution in [0.25, 0.3) is 27.8 Å². The lowest BCUT2D eigenvalue weighted by molar-refractivity contribution is 0.0977. The van der Waals surface area contributed by atoms with Crippen molar-refractivity contribution in [2.24, 2.45) is 0 Å². The molecule has 184 valence electrons. The normalized spacial score (nSPS) is 10.8. The number of hydrogen-bond acceptors (Lipinski definition) is 5. The maximum Gasteiger partial charge on any atom is 0.257 e. The lowest BCUT2D eigenvalue weighted by Crippen LogP contribution is -2.34. The van der Waals surface area contributed by atoms with Crippen LogP contribution in [0.2, 0.25) is 0 Å². The first-order valence-corrected chi connectivity index (χ1v) is 12.3. The molecule has 1 heterocycles. The smallest absolute Gasteiger partial charge is 0.257 e. The number of rotatable bonds is 6. The summed E-state index contributed by atoms with van der Waals surface area (Å²) in [5.41, 5.74) is 6.61. The molecule has 2 N–H and O–H groups in total. The molecule has 5 rings (SSSR count). The van der Waals surface area contributed by atoms with Crippen LogP contribution in [0.3, 0.4) is 0 Å². The summed E-state index contributed by atoms with van der Waals surface area (Å²) in [5, 5.41) is 15.3. The van der Waals surface area contributed by atoms with Gasteiger partial charge in [0, 0.05) is 11.3 Å². The van der Waals surface area contributed by atoms with Crippen LogP contribution < -0.4 is 15.4 Å². The molecule has 0 unspecified atom stereocenters. The van der Waals surface area contributed by atoms with Gasteiger partial charge in [0.25, 0.3) is 5.91 Å².